The molecule has 3 aliphatic rings. The summed E-state index contributed by atoms with van der Waals surface area (Å²) < 4.78 is 35.0. The third kappa shape index (κ3) is 8.13. The number of sulfonamides is 1. The highest BCUT2D eigenvalue weighted by Gasteiger charge is 2.48. The van der Waals surface area contributed by atoms with Gasteiger partial charge in [0.2, 0.25) is 10.0 Å². The molecule has 3 aromatic rings. The highest BCUT2D eigenvalue weighted by molar-refractivity contribution is 7.89. The molecule has 2 aromatic carbocycles. The van der Waals surface area contributed by atoms with Gasteiger partial charge in [-0.05, 0) is 66.3 Å². The Balaban J connectivity index is 0.000000426. The lowest BCUT2D eigenvalue weighted by molar-refractivity contribution is -0.134. The summed E-state index contributed by atoms with van der Waals surface area (Å²) >= 11 is 0. The maximum Gasteiger partial charge on any atom is 0.328 e. The quantitative estimate of drug-likeness (QED) is 0.217. The largest absolute Gasteiger partial charge is 0.492 e. The number of nitrogens with one attached hydrogen (secondary N) is 1. The summed E-state index contributed by atoms with van der Waals surface area (Å²) in [6.45, 7) is 2.97. The number of carboxylic acid groups (broad SMARTS) is 2. The number of aryl methyl sites for hydroxylation is 2. The lowest BCUT2D eigenvalue weighted by Crippen LogP contribution is -2.42. The van der Waals surface area contributed by atoms with E-state index < -0.39 is 22.0 Å². The van der Waals surface area contributed by atoms with E-state index in [1.54, 1.807) is 7.05 Å². The van der Waals surface area contributed by atoms with E-state index in [4.69, 9.17) is 14.9 Å². The average molecular weight is 623 g/mol. The summed E-state index contributed by atoms with van der Waals surface area (Å²) in [6.07, 6.45) is 8.71. The van der Waals surface area contributed by atoms with Crippen molar-refractivity contribution in [1.29, 1.82) is 0 Å². The fourth-order valence-electron chi connectivity index (χ4n) is 6.31. The van der Waals surface area contributed by atoms with Crippen molar-refractivity contribution in [2.45, 2.75) is 42.5 Å². The first-order valence-corrected chi connectivity index (χ1v) is 16.2. The average Bonchev–Trinajstić information content (AvgIpc) is 3.35. The number of benzene rings is 2. The Morgan fingerprint density at radius 3 is 2.41 bits per heavy atom. The van der Waals surface area contributed by atoms with Crippen molar-refractivity contribution in [1.82, 2.24) is 19.4 Å². The van der Waals surface area contributed by atoms with E-state index in [0.29, 0.717) is 24.1 Å². The van der Waals surface area contributed by atoms with Crippen LogP contribution in [0.3, 0.4) is 0 Å². The summed E-state index contributed by atoms with van der Waals surface area (Å²) in [4.78, 5) is 22.0. The normalized spacial score (nSPS) is 22.5. The zero-order chi connectivity index (χ0) is 31.3. The van der Waals surface area contributed by atoms with Crippen molar-refractivity contribution >= 4 is 22.0 Å². The van der Waals surface area contributed by atoms with Gasteiger partial charge in [-0.1, -0.05) is 36.4 Å². The van der Waals surface area contributed by atoms with Crippen LogP contribution in [0.1, 0.15) is 35.4 Å². The fraction of sp³-hybridized carbons (Fsp3) is 0.406. The molecule has 2 aliphatic carbocycles. The number of aromatic nitrogens is 2. The number of piperidine rings is 1. The van der Waals surface area contributed by atoms with Gasteiger partial charge in [0.1, 0.15) is 17.3 Å². The van der Waals surface area contributed by atoms with Crippen molar-refractivity contribution in [2.24, 2.45) is 18.9 Å². The molecule has 0 bridgehead atoms. The minimum absolute atomic E-state index is 0.160. The Kier molecular flexibility index (Phi) is 9.82. The number of ether oxygens (including phenoxy) is 1. The van der Waals surface area contributed by atoms with Crippen molar-refractivity contribution in [3.8, 4) is 5.75 Å². The predicted octanol–water partition coefficient (Wildman–Crippen LogP) is 3.08. The van der Waals surface area contributed by atoms with Gasteiger partial charge in [0, 0.05) is 57.0 Å². The smallest absolute Gasteiger partial charge is 0.328 e. The van der Waals surface area contributed by atoms with Gasteiger partial charge in [0.05, 0.1) is 6.20 Å². The molecule has 0 amide bonds. The van der Waals surface area contributed by atoms with Gasteiger partial charge in [0.25, 0.3) is 0 Å². The van der Waals surface area contributed by atoms with Crippen molar-refractivity contribution < 1.29 is 33.0 Å². The highest BCUT2D eigenvalue weighted by Crippen LogP contribution is 2.49. The highest BCUT2D eigenvalue weighted by atomic mass is 32.2. The molecule has 4 unspecified atom stereocenters. The zero-order valence-corrected chi connectivity index (χ0v) is 25.4. The molecule has 234 valence electrons. The minimum Gasteiger partial charge on any atom is -0.492 e. The number of fused-ring (bicyclic) bond motifs is 2. The number of carbonyl (C=O) groups is 2. The van der Waals surface area contributed by atoms with E-state index >= 15 is 0 Å². The van der Waals surface area contributed by atoms with Crippen LogP contribution in [0.15, 0.2) is 78.0 Å². The molecule has 1 aliphatic heterocycles. The molecule has 11 nitrogen and oxygen atoms in total. The summed E-state index contributed by atoms with van der Waals surface area (Å²) in [5.41, 5.74) is 4.19. The second kappa shape index (κ2) is 13.7. The molecular weight excluding hydrogens is 584 g/mol. The van der Waals surface area contributed by atoms with Gasteiger partial charge in [-0.15, -0.1) is 0 Å². The Hall–Kier alpha value is -4.00. The molecule has 3 N–H and O–H groups in total. The van der Waals surface area contributed by atoms with Gasteiger partial charge in [-0.2, -0.15) is 5.10 Å². The van der Waals surface area contributed by atoms with E-state index in [1.807, 2.05) is 6.07 Å². The molecule has 1 aromatic heterocycles. The van der Waals surface area contributed by atoms with Crippen LogP contribution < -0.4 is 9.46 Å². The number of rotatable bonds is 11. The molecule has 0 spiro atoms. The molecule has 44 heavy (non-hydrogen) atoms. The number of likely N-dealkylation sites (tertiary alicyclic amines) is 1. The number of aliphatic carboxylic acids is 2. The Morgan fingerprint density at radius 1 is 1.07 bits per heavy atom. The summed E-state index contributed by atoms with van der Waals surface area (Å²) in [5.74, 6) is 0.571. The van der Waals surface area contributed by atoms with E-state index in [1.165, 1.54) is 59.7 Å². The second-order valence-electron chi connectivity index (χ2n) is 11.6. The number of hydrogen-bond donors (Lipinski definition) is 3. The molecule has 1 saturated carbocycles. The van der Waals surface area contributed by atoms with Gasteiger partial charge in [-0.25, -0.2) is 22.7 Å². The van der Waals surface area contributed by atoms with Crippen molar-refractivity contribution in [3.05, 3.63) is 89.8 Å². The summed E-state index contributed by atoms with van der Waals surface area (Å²) in [6, 6.07) is 17.8. The van der Waals surface area contributed by atoms with Crippen molar-refractivity contribution in [2.75, 3.05) is 26.2 Å². The Morgan fingerprint density at radius 2 is 1.77 bits per heavy atom. The maximum atomic E-state index is 12.4. The van der Waals surface area contributed by atoms with E-state index in [0.717, 1.165) is 30.4 Å². The van der Waals surface area contributed by atoms with Crippen LogP contribution in [-0.2, 0) is 39.5 Å². The lowest BCUT2D eigenvalue weighted by atomic mass is 9.75. The monoisotopic (exact) mass is 622 g/mol. The summed E-state index contributed by atoms with van der Waals surface area (Å²) in [7, 11) is -1.89. The summed E-state index contributed by atoms with van der Waals surface area (Å²) in [5, 5.41) is 19.6. The first-order valence-electron chi connectivity index (χ1n) is 14.7. The van der Waals surface area contributed by atoms with Crippen LogP contribution in [0.4, 0.5) is 0 Å². The SMILES string of the molecule is Cn1cc(S(=O)(=O)NCCOc2ccc3c(c2)C(Cc2ccccc2)C(N2CC4CC4C2)CC3)cn1.O=C(O)C=CC(=O)O. The molecule has 2 heterocycles. The zero-order valence-electron chi connectivity index (χ0n) is 24.6. The molecule has 6 rings (SSSR count). The van der Waals surface area contributed by atoms with Crippen LogP contribution in [0.5, 0.6) is 5.75 Å². The Bertz CT molecular complexity index is 1580. The van der Waals surface area contributed by atoms with Gasteiger partial charge in [-0.3, -0.25) is 9.58 Å². The maximum absolute atomic E-state index is 12.4. The molecule has 1 saturated heterocycles. The third-order valence-electron chi connectivity index (χ3n) is 8.49. The number of carboxylic acids is 2. The topological polar surface area (TPSA) is 151 Å². The predicted molar refractivity (Wildman–Crippen MR) is 163 cm³/mol. The van der Waals surface area contributed by atoms with Gasteiger partial charge < -0.3 is 14.9 Å². The molecule has 0 radical (unpaired) electrons. The minimum atomic E-state index is -3.59. The number of nitrogens with zero attached hydrogens (tertiary/aromatic N) is 3. The van der Waals surface area contributed by atoms with E-state index in [2.05, 4.69) is 57.2 Å². The van der Waals surface area contributed by atoms with Crippen LogP contribution in [0.2, 0.25) is 0 Å². The second-order valence-corrected chi connectivity index (χ2v) is 13.3. The van der Waals surface area contributed by atoms with Crippen molar-refractivity contribution in [3.63, 3.8) is 0 Å². The van der Waals surface area contributed by atoms with Crippen LogP contribution in [0.25, 0.3) is 0 Å². The van der Waals surface area contributed by atoms with Crippen LogP contribution >= 0.6 is 0 Å². The lowest BCUT2D eigenvalue weighted by Gasteiger charge is -2.40. The third-order valence-corrected chi connectivity index (χ3v) is 9.90. The number of hydrogen-bond acceptors (Lipinski definition) is 7. The Labute approximate surface area is 257 Å². The standard InChI is InChI=1S/C28H34N4O3S.C4H4O4/c1-31-19-25(16-29-31)36(33,34)30-11-12-35-24-9-7-21-8-10-28(32-17-22-14-23(22)18-32)27(26(21)15-24)13-20-5-3-2-4-6-20;5-3(6)1-2-4(7)8/h2-7,9,15-16,19,22-23,27-28,30H,8,10-14,17-18H2,1H3;1-2H,(H,5,6)(H,7,8). The van der Waals surface area contributed by atoms with Gasteiger partial charge >= 0.3 is 11.9 Å². The van der Waals surface area contributed by atoms with Gasteiger partial charge in [0.15, 0.2) is 0 Å². The van der Waals surface area contributed by atoms with E-state index in [9.17, 15) is 18.0 Å². The first-order chi connectivity index (χ1) is 21.1. The molecule has 2 fully saturated rings. The first kappa shape index (κ1) is 31.4. The molecule has 4 atom stereocenters. The molecule has 12 heteroatoms. The fourth-order valence-corrected chi connectivity index (χ4v) is 7.31. The molecular formula is C32H38N4O7S. The van der Waals surface area contributed by atoms with Crippen LogP contribution in [0, 0.1) is 11.8 Å². The van der Waals surface area contributed by atoms with E-state index in [-0.39, 0.29) is 18.0 Å². The van der Waals surface area contributed by atoms with Crippen LogP contribution in [-0.4, -0.2) is 77.5 Å².